The maximum Gasteiger partial charge on any atom is 0.248 e. The summed E-state index contributed by atoms with van der Waals surface area (Å²) in [6.45, 7) is 0.809. The number of nitrogens with zero attached hydrogens (tertiary/aromatic N) is 2. The number of hydrogen-bond donors (Lipinski definition) is 1. The summed E-state index contributed by atoms with van der Waals surface area (Å²) in [7, 11) is -3.62. The summed E-state index contributed by atoms with van der Waals surface area (Å²) in [6, 6.07) is 4.74. The van der Waals surface area contributed by atoms with Crippen LogP contribution in [0.1, 0.15) is 19.3 Å². The monoisotopic (exact) mass is 398 g/mol. The fourth-order valence-corrected chi connectivity index (χ4v) is 5.42. The molecule has 1 N–H and O–H groups in total. The molecule has 0 saturated carbocycles. The van der Waals surface area contributed by atoms with E-state index in [-0.39, 0.29) is 29.2 Å². The van der Waals surface area contributed by atoms with Crippen LogP contribution in [0.3, 0.4) is 0 Å². The van der Waals surface area contributed by atoms with Gasteiger partial charge in [-0.1, -0.05) is 0 Å². The molecule has 2 aliphatic rings. The third-order valence-electron chi connectivity index (χ3n) is 5.37. The average molecular weight is 398 g/mol. The van der Waals surface area contributed by atoms with Crippen LogP contribution >= 0.6 is 0 Å². The molecule has 1 atom stereocenters. The van der Waals surface area contributed by atoms with Crippen molar-refractivity contribution in [2.75, 3.05) is 32.8 Å². The molecule has 1 aromatic rings. The topological polar surface area (TPSA) is 95.0 Å². The van der Waals surface area contributed by atoms with Gasteiger partial charge < -0.3 is 14.9 Å². The summed E-state index contributed by atoms with van der Waals surface area (Å²) in [6.07, 6.45) is 1.38. The van der Waals surface area contributed by atoms with E-state index in [4.69, 9.17) is 5.11 Å². The van der Waals surface area contributed by atoms with Crippen molar-refractivity contribution in [1.82, 2.24) is 9.80 Å². The van der Waals surface area contributed by atoms with Gasteiger partial charge >= 0.3 is 0 Å². The van der Waals surface area contributed by atoms with Crippen molar-refractivity contribution < 1.29 is 27.5 Å². The zero-order valence-corrected chi connectivity index (χ0v) is 15.7. The number of rotatable bonds is 4. The minimum atomic E-state index is -3.62. The van der Waals surface area contributed by atoms with E-state index in [9.17, 15) is 22.4 Å². The Morgan fingerprint density at radius 1 is 1.04 bits per heavy atom. The van der Waals surface area contributed by atoms with Crippen molar-refractivity contribution in [3.8, 4) is 0 Å². The molecule has 1 unspecified atom stereocenters. The number of aliphatic hydroxyl groups excluding tert-OH is 1. The van der Waals surface area contributed by atoms with E-state index in [1.807, 2.05) is 0 Å². The largest absolute Gasteiger partial charge is 0.387 e. The Hall–Kier alpha value is -2.00. The average Bonchev–Trinajstić information content (AvgIpc) is 3.18. The highest BCUT2D eigenvalue weighted by Crippen LogP contribution is 2.27. The molecule has 2 fully saturated rings. The normalized spacial score (nSPS) is 21.5. The van der Waals surface area contributed by atoms with Crippen LogP contribution in [0.25, 0.3) is 0 Å². The van der Waals surface area contributed by atoms with Gasteiger partial charge in [0, 0.05) is 32.1 Å². The van der Waals surface area contributed by atoms with Crippen LogP contribution < -0.4 is 0 Å². The lowest BCUT2D eigenvalue weighted by atomic mass is 9.95. The molecule has 1 aromatic carbocycles. The number of carbonyl (C=O) groups excluding carboxylic acids is 2. The zero-order chi connectivity index (χ0) is 19.6. The third kappa shape index (κ3) is 4.14. The standard InChI is InChI=1S/C18H23FN2O5S/c19-14-1-3-15(4-2-14)27(25,26)16-7-10-21(11-16)18(24)13-5-8-20(9-6-13)17(23)12-22/h1-4,13,16,22H,5-12H2. The van der Waals surface area contributed by atoms with Crippen molar-refractivity contribution in [1.29, 1.82) is 0 Å². The first-order valence-electron chi connectivity index (χ1n) is 9.00. The van der Waals surface area contributed by atoms with Gasteiger partial charge in [-0.15, -0.1) is 0 Å². The van der Waals surface area contributed by atoms with Crippen molar-refractivity contribution in [2.24, 2.45) is 5.92 Å². The summed E-state index contributed by atoms with van der Waals surface area (Å²) in [5.74, 6) is -1.15. The number of halogens is 1. The lowest BCUT2D eigenvalue weighted by molar-refractivity contribution is -0.141. The van der Waals surface area contributed by atoms with Crippen LogP contribution in [0.5, 0.6) is 0 Å². The molecule has 0 radical (unpaired) electrons. The van der Waals surface area contributed by atoms with E-state index < -0.39 is 27.5 Å². The number of amides is 2. The van der Waals surface area contributed by atoms with Gasteiger partial charge in [0.15, 0.2) is 9.84 Å². The maximum absolute atomic E-state index is 13.0. The molecule has 2 heterocycles. The van der Waals surface area contributed by atoms with Gasteiger partial charge in [-0.25, -0.2) is 12.8 Å². The Morgan fingerprint density at radius 2 is 1.63 bits per heavy atom. The number of likely N-dealkylation sites (tertiary alicyclic amines) is 2. The van der Waals surface area contributed by atoms with Gasteiger partial charge in [-0.05, 0) is 43.5 Å². The van der Waals surface area contributed by atoms with E-state index in [0.717, 1.165) is 12.1 Å². The molecule has 148 valence electrons. The predicted octanol–water partition coefficient (Wildman–Crippen LogP) is 0.431. The number of hydrogen-bond acceptors (Lipinski definition) is 5. The lowest BCUT2D eigenvalue weighted by Crippen LogP contribution is -2.45. The van der Waals surface area contributed by atoms with E-state index in [1.54, 1.807) is 4.90 Å². The van der Waals surface area contributed by atoms with Crippen molar-refractivity contribution in [3.05, 3.63) is 30.1 Å². The minimum Gasteiger partial charge on any atom is -0.387 e. The molecule has 0 spiro atoms. The maximum atomic E-state index is 13.0. The van der Waals surface area contributed by atoms with Crippen molar-refractivity contribution in [3.63, 3.8) is 0 Å². The summed E-state index contributed by atoms with van der Waals surface area (Å²) >= 11 is 0. The Labute approximate surface area is 157 Å². The quantitative estimate of drug-likeness (QED) is 0.743. The highest BCUT2D eigenvalue weighted by atomic mass is 32.2. The fraction of sp³-hybridized carbons (Fsp3) is 0.556. The van der Waals surface area contributed by atoms with Crippen LogP contribution in [-0.4, -0.2) is 73.2 Å². The van der Waals surface area contributed by atoms with E-state index in [0.29, 0.717) is 38.9 Å². The highest BCUT2D eigenvalue weighted by molar-refractivity contribution is 7.92. The van der Waals surface area contributed by atoms with Gasteiger partial charge in [0.05, 0.1) is 10.1 Å². The molecule has 0 bridgehead atoms. The molecule has 2 saturated heterocycles. The van der Waals surface area contributed by atoms with Crippen LogP contribution in [0, 0.1) is 11.7 Å². The Balaban J connectivity index is 1.60. The van der Waals surface area contributed by atoms with Gasteiger partial charge in [0.1, 0.15) is 12.4 Å². The van der Waals surface area contributed by atoms with Gasteiger partial charge in [0.2, 0.25) is 11.8 Å². The number of aliphatic hydroxyl groups is 1. The first-order chi connectivity index (χ1) is 12.8. The van der Waals surface area contributed by atoms with Crippen LogP contribution in [-0.2, 0) is 19.4 Å². The molecule has 9 heteroatoms. The smallest absolute Gasteiger partial charge is 0.248 e. The molecule has 2 amide bonds. The molecule has 3 rings (SSSR count). The number of piperidine rings is 1. The zero-order valence-electron chi connectivity index (χ0n) is 14.9. The molecular formula is C18H23FN2O5S. The molecular weight excluding hydrogens is 375 g/mol. The second-order valence-corrected chi connectivity index (χ2v) is 9.24. The molecule has 7 nitrogen and oxygen atoms in total. The first-order valence-corrected chi connectivity index (χ1v) is 10.5. The fourth-order valence-electron chi connectivity index (χ4n) is 3.73. The SMILES string of the molecule is O=C(CO)N1CCC(C(=O)N2CCC(S(=O)(=O)c3ccc(F)cc3)C2)CC1. The Morgan fingerprint density at radius 3 is 2.22 bits per heavy atom. The van der Waals surface area contributed by atoms with Crippen LogP contribution in [0.4, 0.5) is 4.39 Å². The first kappa shape index (κ1) is 19.8. The van der Waals surface area contributed by atoms with E-state index in [2.05, 4.69) is 0 Å². The van der Waals surface area contributed by atoms with Crippen molar-refractivity contribution >= 4 is 21.7 Å². The summed E-state index contributed by atoms with van der Waals surface area (Å²) in [4.78, 5) is 27.4. The summed E-state index contributed by atoms with van der Waals surface area (Å²) < 4.78 is 38.5. The van der Waals surface area contributed by atoms with E-state index in [1.165, 1.54) is 17.0 Å². The Kier molecular flexibility index (Phi) is 5.81. The van der Waals surface area contributed by atoms with Crippen molar-refractivity contribution in [2.45, 2.75) is 29.4 Å². The summed E-state index contributed by atoms with van der Waals surface area (Å²) in [5, 5.41) is 8.21. The number of benzene rings is 1. The lowest BCUT2D eigenvalue weighted by Gasteiger charge is -2.32. The third-order valence-corrected chi connectivity index (χ3v) is 7.56. The molecule has 27 heavy (non-hydrogen) atoms. The minimum absolute atomic E-state index is 0.0685. The summed E-state index contributed by atoms with van der Waals surface area (Å²) in [5.41, 5.74) is 0. The highest BCUT2D eigenvalue weighted by Gasteiger charge is 2.38. The van der Waals surface area contributed by atoms with Gasteiger partial charge in [0.25, 0.3) is 0 Å². The predicted molar refractivity (Wildman–Crippen MR) is 95.0 cm³/mol. The van der Waals surface area contributed by atoms with Crippen LogP contribution in [0.2, 0.25) is 0 Å². The molecule has 2 aliphatic heterocycles. The van der Waals surface area contributed by atoms with Gasteiger partial charge in [-0.2, -0.15) is 0 Å². The molecule has 0 aromatic heterocycles. The molecule has 0 aliphatic carbocycles. The second kappa shape index (κ2) is 7.93. The van der Waals surface area contributed by atoms with E-state index >= 15 is 0 Å². The van der Waals surface area contributed by atoms with Crippen LogP contribution in [0.15, 0.2) is 29.2 Å². The number of sulfone groups is 1. The number of carbonyl (C=O) groups is 2. The van der Waals surface area contributed by atoms with Gasteiger partial charge in [-0.3, -0.25) is 9.59 Å². The second-order valence-electron chi connectivity index (χ2n) is 7.01. The Bertz CT molecular complexity index is 804.